The Kier molecular flexibility index (Phi) is 2.05. The fraction of sp³-hybridized carbons (Fsp3) is 0.875. The molecular weight excluding hydrogens is 112 g/mol. The zero-order valence-electron chi connectivity index (χ0n) is 10.7. The van der Waals surface area contributed by atoms with Gasteiger partial charge in [-0.15, -0.1) is 0 Å². The standard InChI is InChI=1S/C8H16O/c1-3-4-5-6-7-8(2)9/h3-7H2,1-2H3/i2D3,7D2. The van der Waals surface area contributed by atoms with Crippen molar-refractivity contribution in [1.82, 2.24) is 0 Å². The Bertz CT molecular complexity index is 196. The van der Waals surface area contributed by atoms with Gasteiger partial charge in [0.2, 0.25) is 0 Å². The Morgan fingerprint density at radius 3 is 2.89 bits per heavy atom. The topological polar surface area (TPSA) is 17.1 Å². The minimum atomic E-state index is -2.82. The van der Waals surface area contributed by atoms with Gasteiger partial charge in [0, 0.05) is 13.2 Å². The highest BCUT2D eigenvalue weighted by molar-refractivity contribution is 5.75. The van der Waals surface area contributed by atoms with Gasteiger partial charge in [-0.25, -0.2) is 0 Å². The lowest BCUT2D eigenvalue weighted by Crippen LogP contribution is -1.88. The number of Topliss-reactive ketones (excluding diaryl/α,β-unsaturated/α-hetero) is 1. The summed E-state index contributed by atoms with van der Waals surface area (Å²) in [5, 5.41) is 0. The molecule has 0 atom stereocenters. The number of hydrogen-bond acceptors (Lipinski definition) is 1. The molecule has 0 unspecified atom stereocenters. The van der Waals surface area contributed by atoms with Crippen LogP contribution in [-0.4, -0.2) is 5.78 Å². The van der Waals surface area contributed by atoms with Crippen molar-refractivity contribution in [1.29, 1.82) is 0 Å². The molecule has 0 aliphatic carbocycles. The van der Waals surface area contributed by atoms with Crippen LogP contribution in [-0.2, 0) is 4.79 Å². The fourth-order valence-electron chi connectivity index (χ4n) is 0.577. The molecule has 1 heteroatoms. The minimum Gasteiger partial charge on any atom is -0.300 e. The van der Waals surface area contributed by atoms with Crippen LogP contribution in [0.3, 0.4) is 0 Å². The predicted molar refractivity (Wildman–Crippen MR) is 39.4 cm³/mol. The monoisotopic (exact) mass is 133 g/mol. The third-order valence-electron chi connectivity index (χ3n) is 1.07. The van der Waals surface area contributed by atoms with Gasteiger partial charge in [0.25, 0.3) is 0 Å². The normalized spacial score (nSPS) is 20.8. The molecule has 0 saturated carbocycles. The predicted octanol–water partition coefficient (Wildman–Crippen LogP) is 2.55. The molecule has 0 fully saturated rings. The molecule has 0 radical (unpaired) electrons. The number of hydrogen-bond donors (Lipinski definition) is 0. The van der Waals surface area contributed by atoms with Gasteiger partial charge >= 0.3 is 0 Å². The first-order chi connectivity index (χ1) is 6.22. The molecule has 0 N–H and O–H groups in total. The van der Waals surface area contributed by atoms with Gasteiger partial charge in [-0.3, -0.25) is 0 Å². The second-order valence-corrected chi connectivity index (χ2v) is 1.96. The van der Waals surface area contributed by atoms with Crippen LogP contribution < -0.4 is 0 Å². The molecule has 0 amide bonds. The number of unbranched alkanes of at least 4 members (excludes halogenated alkanes) is 2. The van der Waals surface area contributed by atoms with E-state index in [1.54, 1.807) is 0 Å². The van der Waals surface area contributed by atoms with Gasteiger partial charge in [0.05, 0.1) is 0 Å². The molecule has 54 valence electrons. The highest BCUT2D eigenvalue weighted by Crippen LogP contribution is 2.01. The van der Waals surface area contributed by atoms with Crippen molar-refractivity contribution in [3.8, 4) is 0 Å². The van der Waals surface area contributed by atoms with Crippen LogP contribution in [0.2, 0.25) is 0 Å². The van der Waals surface area contributed by atoms with Crippen molar-refractivity contribution >= 4 is 5.78 Å². The SMILES string of the molecule is [2H]C([2H])([2H])C(=O)C([2H])([2H])CCCCC. The average Bonchev–Trinajstić information content (AvgIpc) is 2.01. The Hall–Kier alpha value is -0.330. The molecule has 9 heavy (non-hydrogen) atoms. The number of carbonyl (C=O) groups is 1. The Labute approximate surface area is 64.5 Å². The largest absolute Gasteiger partial charge is 0.300 e. The zero-order chi connectivity index (χ0) is 11.4. The lowest BCUT2D eigenvalue weighted by Gasteiger charge is -1.93. The summed E-state index contributed by atoms with van der Waals surface area (Å²) in [7, 11) is 0. The van der Waals surface area contributed by atoms with Crippen LogP contribution in [0.1, 0.15) is 52.7 Å². The summed E-state index contributed by atoms with van der Waals surface area (Å²) >= 11 is 0. The summed E-state index contributed by atoms with van der Waals surface area (Å²) in [6, 6.07) is 0. The molecular formula is C8H16O. The summed E-state index contributed by atoms with van der Waals surface area (Å²) in [6.07, 6.45) is 0.0651. The maximum absolute atomic E-state index is 11.1. The minimum absolute atomic E-state index is 0.00192. The van der Waals surface area contributed by atoms with Crippen molar-refractivity contribution in [2.75, 3.05) is 0 Å². The molecule has 0 heterocycles. The van der Waals surface area contributed by atoms with Crippen LogP contribution >= 0.6 is 0 Å². The Morgan fingerprint density at radius 2 is 2.33 bits per heavy atom. The van der Waals surface area contributed by atoms with E-state index in [1.807, 2.05) is 6.92 Å². The van der Waals surface area contributed by atoms with E-state index in [0.717, 1.165) is 12.8 Å². The summed E-state index contributed by atoms with van der Waals surface area (Å²) < 4.78 is 35.1. The van der Waals surface area contributed by atoms with Gasteiger partial charge in [-0.2, -0.15) is 0 Å². The molecule has 0 bridgehead atoms. The molecule has 1 nitrogen and oxygen atoms in total. The van der Waals surface area contributed by atoms with Crippen molar-refractivity contribution in [3.05, 3.63) is 0 Å². The number of carbonyl (C=O) groups excluding carboxylic acids is 1. The summed E-state index contributed by atoms with van der Waals surface area (Å²) in [4.78, 5) is 11.1. The molecule has 0 aliphatic rings. The zero-order valence-corrected chi connectivity index (χ0v) is 5.74. The number of ketones is 1. The third kappa shape index (κ3) is 7.67. The van der Waals surface area contributed by atoms with E-state index in [-0.39, 0.29) is 6.42 Å². The molecule has 0 aromatic heterocycles. The van der Waals surface area contributed by atoms with Crippen LogP contribution in [0.4, 0.5) is 0 Å². The second-order valence-electron chi connectivity index (χ2n) is 1.96. The summed E-state index contributed by atoms with van der Waals surface area (Å²) in [6.45, 7) is -0.864. The summed E-state index contributed by atoms with van der Waals surface area (Å²) in [5.41, 5.74) is 0. The molecule has 0 saturated heterocycles. The summed E-state index contributed by atoms with van der Waals surface area (Å²) in [5.74, 6) is -1.28. The van der Waals surface area contributed by atoms with Crippen molar-refractivity contribution in [2.45, 2.75) is 45.8 Å². The first-order valence-electron chi connectivity index (χ1n) is 5.76. The van der Waals surface area contributed by atoms with Crippen molar-refractivity contribution in [3.63, 3.8) is 0 Å². The smallest absolute Gasteiger partial charge is 0.129 e. The van der Waals surface area contributed by atoms with Crippen molar-refractivity contribution in [2.24, 2.45) is 0 Å². The van der Waals surface area contributed by atoms with E-state index >= 15 is 0 Å². The lowest BCUT2D eigenvalue weighted by molar-refractivity contribution is -0.117. The van der Waals surface area contributed by atoms with E-state index in [4.69, 9.17) is 6.85 Å². The van der Waals surface area contributed by atoms with Crippen LogP contribution in [0.5, 0.6) is 0 Å². The van der Waals surface area contributed by atoms with Crippen LogP contribution in [0.25, 0.3) is 0 Å². The molecule has 0 aromatic carbocycles. The van der Waals surface area contributed by atoms with Crippen molar-refractivity contribution < 1.29 is 11.6 Å². The number of rotatable bonds is 5. The highest BCUT2D eigenvalue weighted by atomic mass is 16.1. The quantitative estimate of drug-likeness (QED) is 0.527. The molecule has 0 aliphatic heterocycles. The van der Waals surface area contributed by atoms with E-state index in [1.165, 1.54) is 0 Å². The highest BCUT2D eigenvalue weighted by Gasteiger charge is 1.91. The van der Waals surface area contributed by atoms with Crippen LogP contribution in [0, 0.1) is 0 Å². The fourth-order valence-corrected chi connectivity index (χ4v) is 0.577. The van der Waals surface area contributed by atoms with Gasteiger partial charge < -0.3 is 4.79 Å². The average molecular weight is 133 g/mol. The van der Waals surface area contributed by atoms with Crippen LogP contribution in [0.15, 0.2) is 0 Å². The van der Waals surface area contributed by atoms with Gasteiger partial charge in [-0.05, 0) is 13.3 Å². The van der Waals surface area contributed by atoms with E-state index in [9.17, 15) is 4.79 Å². The van der Waals surface area contributed by atoms with E-state index in [2.05, 4.69) is 0 Å². The van der Waals surface area contributed by atoms with E-state index < -0.39 is 19.0 Å². The Balaban J connectivity index is 4.24. The molecule has 0 rings (SSSR count). The Morgan fingerprint density at radius 1 is 1.56 bits per heavy atom. The van der Waals surface area contributed by atoms with Gasteiger partial charge in [0.15, 0.2) is 0 Å². The maximum atomic E-state index is 11.1. The van der Waals surface area contributed by atoms with E-state index in [0.29, 0.717) is 6.42 Å². The first kappa shape index (κ1) is 3.18. The lowest BCUT2D eigenvalue weighted by atomic mass is 10.1. The second kappa shape index (κ2) is 5.80. The van der Waals surface area contributed by atoms with Gasteiger partial charge in [0.1, 0.15) is 5.78 Å². The first-order valence-corrected chi connectivity index (χ1v) is 3.26. The third-order valence-corrected chi connectivity index (χ3v) is 1.07. The maximum Gasteiger partial charge on any atom is 0.129 e. The molecule has 0 aromatic rings. The van der Waals surface area contributed by atoms with Gasteiger partial charge in [-0.1, -0.05) is 26.2 Å². The molecule has 0 spiro atoms.